The molecule has 13 heavy (non-hydrogen) atoms. The highest BCUT2D eigenvalue weighted by atomic mass is 79.9. The quantitative estimate of drug-likeness (QED) is 0.728. The fourth-order valence-corrected chi connectivity index (χ4v) is 2.07. The summed E-state index contributed by atoms with van der Waals surface area (Å²) in [7, 11) is 0. The highest BCUT2D eigenvalue weighted by Gasteiger charge is 2.12. The summed E-state index contributed by atoms with van der Waals surface area (Å²) in [6.07, 6.45) is 0. The number of rotatable bonds is 0. The number of fused-ring (bicyclic) bond motifs is 1. The smallest absolute Gasteiger partial charge is 0.0530 e. The van der Waals surface area contributed by atoms with Gasteiger partial charge in [0.25, 0.3) is 0 Å². The lowest BCUT2D eigenvalue weighted by Gasteiger charge is -2.09. The molecule has 1 atom stereocenters. The van der Waals surface area contributed by atoms with E-state index in [1.54, 1.807) is 0 Å². The zero-order chi connectivity index (χ0) is 9.26. The Labute approximate surface area is 86.9 Å². The van der Waals surface area contributed by atoms with E-state index in [0.717, 1.165) is 17.6 Å². The molecular weight excluding hydrogens is 228 g/mol. The van der Waals surface area contributed by atoms with Crippen molar-refractivity contribution >= 4 is 21.6 Å². The van der Waals surface area contributed by atoms with Crippen LogP contribution in [0.15, 0.2) is 22.7 Å². The molecular formula is C10H13BrN2. The molecule has 0 saturated carbocycles. The first kappa shape index (κ1) is 9.03. The van der Waals surface area contributed by atoms with Gasteiger partial charge < -0.3 is 10.6 Å². The van der Waals surface area contributed by atoms with Gasteiger partial charge >= 0.3 is 0 Å². The SMILES string of the molecule is CC1CNc2c(Br)cccc2CN1. The summed E-state index contributed by atoms with van der Waals surface area (Å²) >= 11 is 3.55. The number of hydrogen-bond acceptors (Lipinski definition) is 2. The van der Waals surface area contributed by atoms with E-state index in [1.165, 1.54) is 11.3 Å². The molecule has 1 aliphatic heterocycles. The summed E-state index contributed by atoms with van der Waals surface area (Å²) in [6.45, 7) is 4.12. The Hall–Kier alpha value is -0.540. The molecule has 1 unspecified atom stereocenters. The monoisotopic (exact) mass is 240 g/mol. The van der Waals surface area contributed by atoms with Crippen molar-refractivity contribution in [2.75, 3.05) is 11.9 Å². The minimum atomic E-state index is 0.527. The van der Waals surface area contributed by atoms with Gasteiger partial charge in [-0.15, -0.1) is 0 Å². The average molecular weight is 241 g/mol. The second-order valence-electron chi connectivity index (χ2n) is 3.44. The minimum absolute atomic E-state index is 0.527. The van der Waals surface area contributed by atoms with Crippen LogP contribution >= 0.6 is 15.9 Å². The summed E-state index contributed by atoms with van der Waals surface area (Å²) in [6, 6.07) is 6.82. The lowest BCUT2D eigenvalue weighted by molar-refractivity contribution is 0.581. The second kappa shape index (κ2) is 3.68. The Morgan fingerprint density at radius 1 is 1.46 bits per heavy atom. The Morgan fingerprint density at radius 3 is 3.15 bits per heavy atom. The summed E-state index contributed by atoms with van der Waals surface area (Å²) in [5.74, 6) is 0. The fraction of sp³-hybridized carbons (Fsp3) is 0.400. The Morgan fingerprint density at radius 2 is 2.31 bits per heavy atom. The Bertz CT molecular complexity index is 312. The maximum absolute atomic E-state index is 3.55. The van der Waals surface area contributed by atoms with Crippen molar-refractivity contribution in [3.8, 4) is 0 Å². The standard InChI is InChI=1S/C10H13BrN2/c1-7-5-13-10-8(6-12-7)3-2-4-9(10)11/h2-4,7,12-13H,5-6H2,1H3. The molecule has 0 spiro atoms. The van der Waals surface area contributed by atoms with Gasteiger partial charge in [0, 0.05) is 23.6 Å². The van der Waals surface area contributed by atoms with Gasteiger partial charge in [0.15, 0.2) is 0 Å². The van der Waals surface area contributed by atoms with Crippen molar-refractivity contribution in [2.24, 2.45) is 0 Å². The molecule has 0 aliphatic carbocycles. The van der Waals surface area contributed by atoms with Crippen LogP contribution in [-0.2, 0) is 6.54 Å². The van der Waals surface area contributed by atoms with Gasteiger partial charge in [0.2, 0.25) is 0 Å². The van der Waals surface area contributed by atoms with Crippen molar-refractivity contribution < 1.29 is 0 Å². The average Bonchev–Trinajstić information content (AvgIpc) is 2.30. The first-order chi connectivity index (χ1) is 6.27. The van der Waals surface area contributed by atoms with E-state index in [9.17, 15) is 0 Å². The summed E-state index contributed by atoms with van der Waals surface area (Å²) < 4.78 is 1.15. The topological polar surface area (TPSA) is 24.1 Å². The van der Waals surface area contributed by atoms with Crippen molar-refractivity contribution in [1.82, 2.24) is 5.32 Å². The molecule has 1 aromatic carbocycles. The highest BCUT2D eigenvalue weighted by Crippen LogP contribution is 2.27. The number of nitrogens with one attached hydrogen (secondary N) is 2. The molecule has 0 amide bonds. The van der Waals surface area contributed by atoms with Crippen molar-refractivity contribution in [3.05, 3.63) is 28.2 Å². The van der Waals surface area contributed by atoms with Gasteiger partial charge in [0.1, 0.15) is 0 Å². The maximum Gasteiger partial charge on any atom is 0.0530 e. The maximum atomic E-state index is 3.55. The summed E-state index contributed by atoms with van der Waals surface area (Å²) in [5, 5.41) is 6.88. The van der Waals surface area contributed by atoms with Crippen LogP contribution in [0.2, 0.25) is 0 Å². The van der Waals surface area contributed by atoms with Crippen molar-refractivity contribution in [3.63, 3.8) is 0 Å². The van der Waals surface area contributed by atoms with E-state index in [2.05, 4.69) is 51.7 Å². The van der Waals surface area contributed by atoms with E-state index in [0.29, 0.717) is 6.04 Å². The van der Waals surface area contributed by atoms with Gasteiger partial charge in [0.05, 0.1) is 5.69 Å². The third kappa shape index (κ3) is 1.86. The molecule has 0 fully saturated rings. The molecule has 0 bridgehead atoms. The van der Waals surface area contributed by atoms with Gasteiger partial charge in [-0.25, -0.2) is 0 Å². The minimum Gasteiger partial charge on any atom is -0.382 e. The molecule has 2 N–H and O–H groups in total. The fourth-order valence-electron chi connectivity index (χ4n) is 1.53. The van der Waals surface area contributed by atoms with Crippen LogP contribution in [0.1, 0.15) is 12.5 Å². The third-order valence-electron chi connectivity index (χ3n) is 2.33. The zero-order valence-electron chi connectivity index (χ0n) is 7.60. The number of halogens is 1. The van der Waals surface area contributed by atoms with E-state index in [4.69, 9.17) is 0 Å². The van der Waals surface area contributed by atoms with Crippen LogP contribution < -0.4 is 10.6 Å². The predicted molar refractivity (Wildman–Crippen MR) is 58.9 cm³/mol. The molecule has 1 heterocycles. The second-order valence-corrected chi connectivity index (χ2v) is 4.29. The van der Waals surface area contributed by atoms with E-state index < -0.39 is 0 Å². The number of benzene rings is 1. The van der Waals surface area contributed by atoms with E-state index in [1.807, 2.05) is 0 Å². The summed E-state index contributed by atoms with van der Waals surface area (Å²) in [4.78, 5) is 0. The van der Waals surface area contributed by atoms with Gasteiger partial charge in [-0.05, 0) is 34.5 Å². The first-order valence-corrected chi connectivity index (χ1v) is 5.31. The molecule has 1 aromatic rings. The van der Waals surface area contributed by atoms with Crippen molar-refractivity contribution in [1.29, 1.82) is 0 Å². The van der Waals surface area contributed by atoms with Gasteiger partial charge in [-0.2, -0.15) is 0 Å². The zero-order valence-corrected chi connectivity index (χ0v) is 9.19. The molecule has 0 aromatic heterocycles. The number of anilines is 1. The molecule has 2 nitrogen and oxygen atoms in total. The van der Waals surface area contributed by atoms with Crippen LogP contribution in [0.5, 0.6) is 0 Å². The lowest BCUT2D eigenvalue weighted by atomic mass is 10.2. The first-order valence-electron chi connectivity index (χ1n) is 4.52. The van der Waals surface area contributed by atoms with Crippen LogP contribution in [0.4, 0.5) is 5.69 Å². The Kier molecular flexibility index (Phi) is 2.56. The normalized spacial score (nSPS) is 21.5. The third-order valence-corrected chi connectivity index (χ3v) is 2.99. The van der Waals surface area contributed by atoms with E-state index >= 15 is 0 Å². The van der Waals surface area contributed by atoms with Crippen LogP contribution in [0, 0.1) is 0 Å². The summed E-state index contributed by atoms with van der Waals surface area (Å²) in [5.41, 5.74) is 2.57. The largest absolute Gasteiger partial charge is 0.382 e. The molecule has 70 valence electrons. The van der Waals surface area contributed by atoms with Gasteiger partial charge in [-0.3, -0.25) is 0 Å². The van der Waals surface area contributed by atoms with Crippen LogP contribution in [0.25, 0.3) is 0 Å². The Balaban J connectivity index is 2.35. The molecule has 0 radical (unpaired) electrons. The van der Waals surface area contributed by atoms with Crippen LogP contribution in [-0.4, -0.2) is 12.6 Å². The van der Waals surface area contributed by atoms with Crippen LogP contribution in [0.3, 0.4) is 0 Å². The molecule has 3 heteroatoms. The highest BCUT2D eigenvalue weighted by molar-refractivity contribution is 9.10. The van der Waals surface area contributed by atoms with Crippen molar-refractivity contribution in [2.45, 2.75) is 19.5 Å². The van der Waals surface area contributed by atoms with Gasteiger partial charge in [-0.1, -0.05) is 12.1 Å². The lowest BCUT2D eigenvalue weighted by Crippen LogP contribution is -2.29. The predicted octanol–water partition coefficient (Wildman–Crippen LogP) is 2.35. The number of para-hydroxylation sites is 1. The number of hydrogen-bond donors (Lipinski definition) is 2. The molecule has 2 rings (SSSR count). The molecule has 1 aliphatic rings. The molecule has 0 saturated heterocycles. The van der Waals surface area contributed by atoms with E-state index in [-0.39, 0.29) is 0 Å².